The number of nitrogens with one attached hydrogen (secondary N) is 1. The fourth-order valence-electron chi connectivity index (χ4n) is 3.87. The van der Waals surface area contributed by atoms with Crippen molar-refractivity contribution in [1.29, 1.82) is 0 Å². The van der Waals surface area contributed by atoms with Crippen LogP contribution >= 0.6 is 0 Å². The summed E-state index contributed by atoms with van der Waals surface area (Å²) < 4.78 is 0. The lowest BCUT2D eigenvalue weighted by molar-refractivity contribution is 0.207. The van der Waals surface area contributed by atoms with Crippen LogP contribution in [0.1, 0.15) is 33.6 Å². The van der Waals surface area contributed by atoms with Gasteiger partial charge in [-0.2, -0.15) is 0 Å². The van der Waals surface area contributed by atoms with Gasteiger partial charge in [0.2, 0.25) is 0 Å². The molecule has 0 aromatic heterocycles. The summed E-state index contributed by atoms with van der Waals surface area (Å²) in [6, 6.07) is 1.30. The standard InChI is InChI=1S/C16H30N2/c1-11(2)16(18(4)5)10-17-12(3)15-9-13-6-7-14(15)8-13/h6-7,11-17H,8-10H2,1-5H3. The Kier molecular flexibility index (Phi) is 4.50. The van der Waals surface area contributed by atoms with Crippen molar-refractivity contribution in [3.63, 3.8) is 0 Å². The molecule has 104 valence electrons. The number of allylic oxidation sites excluding steroid dienone is 2. The first-order chi connectivity index (χ1) is 8.49. The highest BCUT2D eigenvalue weighted by Crippen LogP contribution is 2.44. The van der Waals surface area contributed by atoms with Gasteiger partial charge in [0.05, 0.1) is 0 Å². The fraction of sp³-hybridized carbons (Fsp3) is 0.875. The monoisotopic (exact) mass is 250 g/mol. The largest absolute Gasteiger partial charge is 0.312 e. The van der Waals surface area contributed by atoms with Gasteiger partial charge < -0.3 is 10.2 Å². The van der Waals surface area contributed by atoms with E-state index in [0.717, 1.165) is 24.3 Å². The minimum Gasteiger partial charge on any atom is -0.312 e. The molecule has 0 amide bonds. The zero-order chi connectivity index (χ0) is 13.3. The van der Waals surface area contributed by atoms with Gasteiger partial charge in [0.15, 0.2) is 0 Å². The van der Waals surface area contributed by atoms with Gasteiger partial charge in [-0.25, -0.2) is 0 Å². The Labute approximate surface area is 113 Å². The van der Waals surface area contributed by atoms with Crippen LogP contribution in [0.2, 0.25) is 0 Å². The molecule has 0 heterocycles. The smallest absolute Gasteiger partial charge is 0.0237 e. The highest BCUT2D eigenvalue weighted by atomic mass is 15.1. The van der Waals surface area contributed by atoms with Gasteiger partial charge in [-0.1, -0.05) is 26.0 Å². The van der Waals surface area contributed by atoms with Crippen LogP contribution in [0.3, 0.4) is 0 Å². The van der Waals surface area contributed by atoms with Crippen LogP contribution in [0.25, 0.3) is 0 Å². The zero-order valence-electron chi connectivity index (χ0n) is 12.7. The normalized spacial score (nSPS) is 33.6. The van der Waals surface area contributed by atoms with Crippen molar-refractivity contribution in [2.45, 2.75) is 45.7 Å². The maximum atomic E-state index is 3.80. The molecule has 2 bridgehead atoms. The molecule has 2 nitrogen and oxygen atoms in total. The first kappa shape index (κ1) is 14.1. The predicted molar refractivity (Wildman–Crippen MR) is 78.6 cm³/mol. The molecule has 1 saturated carbocycles. The van der Waals surface area contributed by atoms with Gasteiger partial charge in [0.1, 0.15) is 0 Å². The van der Waals surface area contributed by atoms with Crippen molar-refractivity contribution < 1.29 is 0 Å². The predicted octanol–water partition coefficient (Wildman–Crippen LogP) is 2.76. The molecule has 0 aromatic carbocycles. The summed E-state index contributed by atoms with van der Waals surface area (Å²) in [5.41, 5.74) is 0. The van der Waals surface area contributed by atoms with E-state index in [1.54, 1.807) is 0 Å². The third-order valence-corrected chi connectivity index (χ3v) is 5.05. The van der Waals surface area contributed by atoms with E-state index in [4.69, 9.17) is 0 Å². The van der Waals surface area contributed by atoms with Gasteiger partial charge in [0.25, 0.3) is 0 Å². The van der Waals surface area contributed by atoms with Crippen LogP contribution in [0.15, 0.2) is 12.2 Å². The van der Waals surface area contributed by atoms with E-state index < -0.39 is 0 Å². The molecule has 1 N–H and O–H groups in total. The van der Waals surface area contributed by atoms with E-state index in [9.17, 15) is 0 Å². The van der Waals surface area contributed by atoms with Crippen molar-refractivity contribution >= 4 is 0 Å². The van der Waals surface area contributed by atoms with Crippen LogP contribution in [0, 0.1) is 23.7 Å². The average molecular weight is 250 g/mol. The van der Waals surface area contributed by atoms with E-state index in [-0.39, 0.29) is 0 Å². The molecule has 2 heteroatoms. The Bertz CT molecular complexity index is 287. The van der Waals surface area contributed by atoms with E-state index in [0.29, 0.717) is 18.0 Å². The summed E-state index contributed by atoms with van der Waals surface area (Å²) in [5, 5.41) is 3.80. The summed E-state index contributed by atoms with van der Waals surface area (Å²) in [4.78, 5) is 2.35. The Balaban J connectivity index is 1.81. The molecule has 2 aliphatic carbocycles. The molecule has 0 spiro atoms. The Morgan fingerprint density at radius 1 is 1.17 bits per heavy atom. The maximum Gasteiger partial charge on any atom is 0.0237 e. The molecule has 2 aliphatic rings. The second-order valence-electron chi connectivity index (χ2n) is 6.92. The van der Waals surface area contributed by atoms with E-state index in [1.807, 2.05) is 0 Å². The maximum absolute atomic E-state index is 3.80. The highest BCUT2D eigenvalue weighted by Gasteiger charge is 2.38. The van der Waals surface area contributed by atoms with Crippen LogP contribution in [0.4, 0.5) is 0 Å². The number of fused-ring (bicyclic) bond motifs is 2. The zero-order valence-corrected chi connectivity index (χ0v) is 12.7. The highest BCUT2D eigenvalue weighted by molar-refractivity contribution is 5.11. The lowest BCUT2D eigenvalue weighted by Gasteiger charge is -2.32. The summed E-state index contributed by atoms with van der Waals surface area (Å²) in [6.07, 6.45) is 7.72. The first-order valence-corrected chi connectivity index (χ1v) is 7.57. The first-order valence-electron chi connectivity index (χ1n) is 7.57. The molecule has 5 unspecified atom stereocenters. The fourth-order valence-corrected chi connectivity index (χ4v) is 3.87. The number of likely N-dealkylation sites (N-methyl/N-ethyl adjacent to an activating group) is 1. The van der Waals surface area contributed by atoms with E-state index in [2.05, 4.69) is 57.2 Å². The van der Waals surface area contributed by atoms with Gasteiger partial charge in [-0.15, -0.1) is 0 Å². The van der Waals surface area contributed by atoms with Gasteiger partial charge in [0, 0.05) is 18.6 Å². The summed E-state index contributed by atoms with van der Waals surface area (Å²) in [7, 11) is 4.38. The van der Waals surface area contributed by atoms with E-state index in [1.165, 1.54) is 12.8 Å². The number of nitrogens with zero attached hydrogens (tertiary/aromatic N) is 1. The van der Waals surface area contributed by atoms with Gasteiger partial charge in [-0.3, -0.25) is 0 Å². The third-order valence-electron chi connectivity index (χ3n) is 5.05. The van der Waals surface area contributed by atoms with Crippen molar-refractivity contribution in [3.05, 3.63) is 12.2 Å². The summed E-state index contributed by atoms with van der Waals surface area (Å²) >= 11 is 0. The SMILES string of the molecule is CC(C)C(CNC(C)C1CC2C=CC1C2)N(C)C. The minimum atomic E-state index is 0.640. The molecule has 0 saturated heterocycles. The Morgan fingerprint density at radius 3 is 2.33 bits per heavy atom. The van der Waals surface area contributed by atoms with Crippen molar-refractivity contribution in [2.75, 3.05) is 20.6 Å². The average Bonchev–Trinajstić information content (AvgIpc) is 2.89. The van der Waals surface area contributed by atoms with Gasteiger partial charge in [-0.05, 0) is 57.5 Å². The molecule has 0 radical (unpaired) electrons. The van der Waals surface area contributed by atoms with Crippen molar-refractivity contribution in [3.8, 4) is 0 Å². The minimum absolute atomic E-state index is 0.640. The van der Waals surface area contributed by atoms with Crippen LogP contribution in [-0.2, 0) is 0 Å². The van der Waals surface area contributed by atoms with Crippen molar-refractivity contribution in [2.24, 2.45) is 23.7 Å². The topological polar surface area (TPSA) is 15.3 Å². The quantitative estimate of drug-likeness (QED) is 0.729. The van der Waals surface area contributed by atoms with Crippen LogP contribution < -0.4 is 5.32 Å². The Hall–Kier alpha value is -0.340. The number of hydrogen-bond acceptors (Lipinski definition) is 2. The number of hydrogen-bond donors (Lipinski definition) is 1. The van der Waals surface area contributed by atoms with Crippen molar-refractivity contribution in [1.82, 2.24) is 10.2 Å². The van der Waals surface area contributed by atoms with Gasteiger partial charge >= 0.3 is 0 Å². The second-order valence-corrected chi connectivity index (χ2v) is 6.92. The molecule has 1 fully saturated rings. The summed E-state index contributed by atoms with van der Waals surface area (Å²) in [6.45, 7) is 8.13. The Morgan fingerprint density at radius 2 is 1.89 bits per heavy atom. The number of rotatable bonds is 6. The molecule has 2 rings (SSSR count). The molecule has 18 heavy (non-hydrogen) atoms. The molecule has 0 aromatic rings. The molecule has 5 atom stereocenters. The molecular weight excluding hydrogens is 220 g/mol. The summed E-state index contributed by atoms with van der Waals surface area (Å²) in [5.74, 6) is 3.32. The van der Waals surface area contributed by atoms with Crippen LogP contribution in [-0.4, -0.2) is 37.6 Å². The van der Waals surface area contributed by atoms with E-state index >= 15 is 0 Å². The molecular formula is C16H30N2. The lowest BCUT2D eigenvalue weighted by atomic mass is 9.87. The third kappa shape index (κ3) is 2.97. The second kappa shape index (κ2) is 5.75. The lowest BCUT2D eigenvalue weighted by Crippen LogP contribution is -2.46. The molecule has 0 aliphatic heterocycles. The van der Waals surface area contributed by atoms with Crippen LogP contribution in [0.5, 0.6) is 0 Å².